The molecule has 0 fully saturated rings. The molecule has 1 aliphatic heterocycles. The number of β-amino-alcohol motifs (C(OH)–C–C–N with tert-alkyl or cyclic N) is 1. The molecule has 1 atom stereocenters. The molecule has 2 rings (SSSR count). The number of aromatic carboxylic acids is 1. The Labute approximate surface area is 91.7 Å². The molecular weight excluding hydrogens is 210 g/mol. The number of aliphatic imine (C=N–C) groups is 1. The first kappa shape index (κ1) is 10.6. The summed E-state index contributed by atoms with van der Waals surface area (Å²) in [6, 6.07) is 3.03. The highest BCUT2D eigenvalue weighted by Crippen LogP contribution is 2.08. The van der Waals surface area contributed by atoms with Gasteiger partial charge >= 0.3 is 5.97 Å². The maximum absolute atomic E-state index is 11.0. The Morgan fingerprint density at radius 1 is 1.56 bits per heavy atom. The van der Waals surface area contributed by atoms with Crippen LogP contribution >= 0.6 is 0 Å². The molecule has 1 aromatic rings. The van der Waals surface area contributed by atoms with Gasteiger partial charge in [-0.1, -0.05) is 0 Å². The van der Waals surface area contributed by atoms with Gasteiger partial charge in [-0.2, -0.15) is 0 Å². The van der Waals surface area contributed by atoms with Gasteiger partial charge in [-0.05, 0) is 12.1 Å². The minimum absolute atomic E-state index is 0.102. The van der Waals surface area contributed by atoms with Gasteiger partial charge in [0.2, 0.25) is 0 Å². The van der Waals surface area contributed by atoms with Crippen molar-refractivity contribution in [2.24, 2.45) is 4.99 Å². The molecule has 0 radical (unpaired) electrons. The van der Waals surface area contributed by atoms with Crippen LogP contribution in [0, 0.1) is 0 Å². The predicted molar refractivity (Wildman–Crippen MR) is 56.6 cm³/mol. The minimum atomic E-state index is -1.04. The highest BCUT2D eigenvalue weighted by atomic mass is 16.4. The van der Waals surface area contributed by atoms with Crippen molar-refractivity contribution in [3.8, 4) is 0 Å². The molecular formula is C10H11N3O3. The number of aromatic nitrogens is 1. The predicted octanol–water partition coefficient (Wildman–Crippen LogP) is -0.510. The van der Waals surface area contributed by atoms with Crippen LogP contribution in [-0.4, -0.2) is 46.2 Å². The van der Waals surface area contributed by atoms with Crippen LogP contribution in [0.2, 0.25) is 0 Å². The maximum atomic E-state index is 11.0. The summed E-state index contributed by atoms with van der Waals surface area (Å²) in [6.07, 6.45) is 0.984. The summed E-state index contributed by atoms with van der Waals surface area (Å²) in [7, 11) is 0. The lowest BCUT2D eigenvalue weighted by Crippen LogP contribution is -2.40. The van der Waals surface area contributed by atoms with E-state index in [1.165, 1.54) is 12.3 Å². The molecule has 0 amide bonds. The van der Waals surface area contributed by atoms with E-state index in [2.05, 4.69) is 15.3 Å². The molecule has 1 aromatic heterocycles. The van der Waals surface area contributed by atoms with Crippen molar-refractivity contribution in [1.29, 1.82) is 0 Å². The van der Waals surface area contributed by atoms with Gasteiger partial charge in [0.1, 0.15) is 11.5 Å². The van der Waals surface area contributed by atoms with Crippen LogP contribution in [0.1, 0.15) is 16.1 Å². The number of carbonyl (C=O) groups is 1. The summed E-state index contributed by atoms with van der Waals surface area (Å²) in [5, 5.41) is 21.1. The molecule has 1 unspecified atom stereocenters. The van der Waals surface area contributed by atoms with E-state index in [9.17, 15) is 9.90 Å². The number of rotatable bonds is 2. The van der Waals surface area contributed by atoms with Crippen LogP contribution in [0.15, 0.2) is 23.3 Å². The number of carboxylic acid groups (broad SMARTS) is 1. The largest absolute Gasteiger partial charge is 0.478 e. The molecule has 1 aliphatic rings. The third kappa shape index (κ3) is 2.01. The van der Waals surface area contributed by atoms with Gasteiger partial charge in [0, 0.05) is 12.7 Å². The van der Waals surface area contributed by atoms with Crippen molar-refractivity contribution in [3.05, 3.63) is 29.6 Å². The quantitative estimate of drug-likeness (QED) is 0.625. The molecule has 2 heterocycles. The summed E-state index contributed by atoms with van der Waals surface area (Å²) in [5.74, 6) is -0.623. The lowest BCUT2D eigenvalue weighted by atomic mass is 10.1. The maximum Gasteiger partial charge on any atom is 0.338 e. The number of pyridine rings is 1. The third-order valence-corrected chi connectivity index (χ3v) is 2.23. The van der Waals surface area contributed by atoms with Gasteiger partial charge in [-0.3, -0.25) is 9.98 Å². The molecule has 0 aliphatic carbocycles. The number of aliphatic hydroxyl groups excluding tert-OH is 1. The lowest BCUT2D eigenvalue weighted by molar-refractivity contribution is 0.0696. The molecule has 0 spiro atoms. The van der Waals surface area contributed by atoms with Gasteiger partial charge < -0.3 is 15.5 Å². The monoisotopic (exact) mass is 221 g/mol. The Morgan fingerprint density at radius 2 is 2.38 bits per heavy atom. The van der Waals surface area contributed by atoms with Crippen molar-refractivity contribution < 1.29 is 15.0 Å². The zero-order valence-electron chi connectivity index (χ0n) is 8.42. The van der Waals surface area contributed by atoms with Gasteiger partial charge in [-0.25, -0.2) is 4.79 Å². The second kappa shape index (κ2) is 4.28. The Hall–Kier alpha value is -1.95. The normalized spacial score (nSPS) is 19.8. The van der Waals surface area contributed by atoms with Crippen LogP contribution in [-0.2, 0) is 0 Å². The average molecular weight is 221 g/mol. The zero-order valence-corrected chi connectivity index (χ0v) is 8.42. The molecule has 16 heavy (non-hydrogen) atoms. The molecule has 6 nitrogen and oxygen atoms in total. The van der Waals surface area contributed by atoms with E-state index < -0.39 is 12.1 Å². The summed E-state index contributed by atoms with van der Waals surface area (Å²) in [6.45, 7) is 0.617. The lowest BCUT2D eigenvalue weighted by Gasteiger charge is -2.19. The van der Waals surface area contributed by atoms with E-state index in [1.54, 1.807) is 6.07 Å². The first-order valence-corrected chi connectivity index (χ1v) is 4.83. The molecule has 84 valence electrons. The second-order valence-corrected chi connectivity index (χ2v) is 3.43. The van der Waals surface area contributed by atoms with Crippen molar-refractivity contribution in [1.82, 2.24) is 10.3 Å². The van der Waals surface area contributed by atoms with Crippen LogP contribution in [0.4, 0.5) is 0 Å². The number of carboxylic acids is 1. The minimum Gasteiger partial charge on any atom is -0.478 e. The number of amidine groups is 1. The molecule has 6 heteroatoms. The molecule has 0 saturated heterocycles. The van der Waals surface area contributed by atoms with Gasteiger partial charge in [0.15, 0.2) is 0 Å². The summed E-state index contributed by atoms with van der Waals surface area (Å²) >= 11 is 0. The Morgan fingerprint density at radius 3 is 3.00 bits per heavy atom. The summed E-state index contributed by atoms with van der Waals surface area (Å²) in [5.41, 5.74) is 0.409. The fraction of sp³-hybridized carbons (Fsp3) is 0.300. The van der Waals surface area contributed by atoms with E-state index in [0.717, 1.165) is 0 Å². The molecule has 3 N–H and O–H groups in total. The molecule has 0 saturated carbocycles. The van der Waals surface area contributed by atoms with Crippen LogP contribution < -0.4 is 5.32 Å². The number of nitrogens with one attached hydrogen (secondary N) is 1. The van der Waals surface area contributed by atoms with E-state index in [-0.39, 0.29) is 12.1 Å². The number of hydrogen-bond donors (Lipinski definition) is 3. The fourth-order valence-electron chi connectivity index (χ4n) is 1.46. The summed E-state index contributed by atoms with van der Waals surface area (Å²) in [4.78, 5) is 19.0. The molecule has 0 bridgehead atoms. The van der Waals surface area contributed by atoms with Crippen LogP contribution in [0.3, 0.4) is 0 Å². The Kier molecular flexibility index (Phi) is 2.82. The Bertz CT molecular complexity index is 445. The number of nitrogens with zero attached hydrogens (tertiary/aromatic N) is 2. The fourth-order valence-corrected chi connectivity index (χ4v) is 1.46. The van der Waals surface area contributed by atoms with Gasteiger partial charge in [0.25, 0.3) is 0 Å². The number of hydrogen-bond acceptors (Lipinski definition) is 5. The van der Waals surface area contributed by atoms with Gasteiger partial charge in [-0.15, -0.1) is 0 Å². The summed E-state index contributed by atoms with van der Waals surface area (Å²) < 4.78 is 0. The van der Waals surface area contributed by atoms with Crippen molar-refractivity contribution in [3.63, 3.8) is 0 Å². The molecule has 0 aromatic carbocycles. The number of aliphatic hydroxyl groups is 1. The van der Waals surface area contributed by atoms with E-state index in [1.807, 2.05) is 0 Å². The smallest absolute Gasteiger partial charge is 0.338 e. The highest BCUT2D eigenvalue weighted by molar-refractivity contribution is 6.06. The second-order valence-electron chi connectivity index (χ2n) is 3.43. The van der Waals surface area contributed by atoms with E-state index >= 15 is 0 Å². The average Bonchev–Trinajstić information content (AvgIpc) is 2.30. The van der Waals surface area contributed by atoms with E-state index in [4.69, 9.17) is 5.11 Å². The first-order valence-electron chi connectivity index (χ1n) is 4.83. The highest BCUT2D eigenvalue weighted by Gasteiger charge is 2.19. The van der Waals surface area contributed by atoms with Crippen LogP contribution in [0.25, 0.3) is 0 Å². The van der Waals surface area contributed by atoms with Crippen molar-refractivity contribution in [2.75, 3.05) is 13.1 Å². The van der Waals surface area contributed by atoms with Crippen molar-refractivity contribution in [2.45, 2.75) is 6.10 Å². The topological polar surface area (TPSA) is 94.8 Å². The van der Waals surface area contributed by atoms with E-state index in [0.29, 0.717) is 18.1 Å². The van der Waals surface area contributed by atoms with Crippen LogP contribution in [0.5, 0.6) is 0 Å². The Balaban J connectivity index is 2.37. The van der Waals surface area contributed by atoms with Crippen molar-refractivity contribution >= 4 is 11.8 Å². The van der Waals surface area contributed by atoms with Gasteiger partial charge in [0.05, 0.1) is 18.2 Å². The first-order chi connectivity index (χ1) is 7.68. The SMILES string of the molecule is O=C(O)c1cccnc1C1=NCC(O)CN1. The third-order valence-electron chi connectivity index (χ3n) is 2.23. The zero-order chi connectivity index (χ0) is 11.5. The standard InChI is InChI=1S/C10H11N3O3/c14-6-4-12-9(13-5-6)8-7(10(15)16)2-1-3-11-8/h1-3,6,14H,4-5H2,(H,12,13)(H,15,16).